The van der Waals surface area contributed by atoms with E-state index in [4.69, 9.17) is 4.74 Å². The van der Waals surface area contributed by atoms with Gasteiger partial charge in [-0.2, -0.15) is 0 Å². The number of aromatic nitrogens is 1. The largest absolute Gasteiger partial charge is 0.497 e. The lowest BCUT2D eigenvalue weighted by Crippen LogP contribution is -2.59. The van der Waals surface area contributed by atoms with Crippen molar-refractivity contribution in [1.82, 2.24) is 9.88 Å². The van der Waals surface area contributed by atoms with Gasteiger partial charge in [-0.1, -0.05) is 11.8 Å². The maximum atomic E-state index is 15.0. The molecule has 1 atom stereocenters. The predicted octanol–water partition coefficient (Wildman–Crippen LogP) is 3.44. The molecule has 1 aromatic heterocycles. The third-order valence-corrected chi connectivity index (χ3v) is 5.38. The first-order chi connectivity index (χ1) is 14.6. The predicted molar refractivity (Wildman–Crippen MR) is 108 cm³/mol. The normalized spacial score (nSPS) is 20.1. The number of pyridine rings is 1. The van der Waals surface area contributed by atoms with E-state index in [1.165, 1.54) is 30.0 Å². The van der Waals surface area contributed by atoms with Crippen molar-refractivity contribution in [3.63, 3.8) is 0 Å². The van der Waals surface area contributed by atoms with Gasteiger partial charge < -0.3 is 19.9 Å². The highest BCUT2D eigenvalue weighted by molar-refractivity contribution is 5.95. The maximum Gasteiger partial charge on any atom is 0.320 e. The molecule has 1 aliphatic carbocycles. The third kappa shape index (κ3) is 3.85. The van der Waals surface area contributed by atoms with E-state index < -0.39 is 28.9 Å². The minimum absolute atomic E-state index is 0.000491. The van der Waals surface area contributed by atoms with Crippen LogP contribution in [0.2, 0.25) is 0 Å². The maximum absolute atomic E-state index is 15.0. The number of hydrogen-bond donors (Lipinski definition) is 2. The van der Waals surface area contributed by atoms with E-state index in [-0.39, 0.29) is 29.3 Å². The second-order valence-corrected chi connectivity index (χ2v) is 7.78. The number of amides is 2. The molecule has 31 heavy (non-hydrogen) atoms. The number of hydrogen-bond acceptors (Lipinski definition) is 3. The van der Waals surface area contributed by atoms with Gasteiger partial charge in [-0.15, -0.1) is 0 Å². The van der Waals surface area contributed by atoms with Crippen LogP contribution >= 0.6 is 0 Å². The molecule has 0 spiro atoms. The monoisotopic (exact) mass is 431 g/mol. The lowest BCUT2D eigenvalue weighted by molar-refractivity contribution is -0.0465. The fourth-order valence-corrected chi connectivity index (χ4v) is 3.47. The van der Waals surface area contributed by atoms with Crippen molar-refractivity contribution >= 4 is 11.7 Å². The minimum atomic E-state index is -3.48. The lowest BCUT2D eigenvalue weighted by atomic mass is 9.81. The fraction of sp³-hybridized carbons (Fsp3) is 0.364. The van der Waals surface area contributed by atoms with Crippen molar-refractivity contribution < 1.29 is 22.7 Å². The highest BCUT2D eigenvalue weighted by atomic mass is 19.3. The number of alkyl halides is 2. The number of rotatable bonds is 4. The van der Waals surface area contributed by atoms with Gasteiger partial charge in [0.1, 0.15) is 11.6 Å². The summed E-state index contributed by atoms with van der Waals surface area (Å²) in [6, 6.07) is 4.14. The number of nitrogens with zero attached hydrogens (tertiary/aromatic N) is 1. The Morgan fingerprint density at radius 3 is 2.65 bits per heavy atom. The molecule has 6 nitrogen and oxygen atoms in total. The van der Waals surface area contributed by atoms with Gasteiger partial charge in [0.2, 0.25) is 0 Å². The molecule has 1 aromatic carbocycles. The molecule has 9 heteroatoms. The molecular weight excluding hydrogens is 411 g/mol. The highest BCUT2D eigenvalue weighted by Gasteiger charge is 2.55. The zero-order valence-corrected chi connectivity index (χ0v) is 16.9. The molecule has 2 heterocycles. The van der Waals surface area contributed by atoms with Crippen LogP contribution in [-0.4, -0.2) is 23.6 Å². The molecule has 1 fully saturated rings. The first-order valence-electron chi connectivity index (χ1n) is 9.70. The van der Waals surface area contributed by atoms with Crippen molar-refractivity contribution in [3.8, 4) is 17.6 Å². The molecule has 0 bridgehead atoms. The van der Waals surface area contributed by atoms with Gasteiger partial charge in [0.25, 0.3) is 11.5 Å². The van der Waals surface area contributed by atoms with Crippen LogP contribution < -0.4 is 20.9 Å². The summed E-state index contributed by atoms with van der Waals surface area (Å²) in [6.45, 7) is 0.487. The van der Waals surface area contributed by atoms with Gasteiger partial charge in [0, 0.05) is 41.9 Å². The molecule has 4 rings (SSSR count). The van der Waals surface area contributed by atoms with E-state index in [9.17, 15) is 18.4 Å². The molecule has 1 saturated carbocycles. The van der Waals surface area contributed by atoms with Gasteiger partial charge in [0.05, 0.1) is 13.7 Å². The van der Waals surface area contributed by atoms with Crippen LogP contribution in [0.4, 0.5) is 23.7 Å². The molecule has 2 aromatic rings. The van der Waals surface area contributed by atoms with E-state index in [1.807, 2.05) is 0 Å². The molecule has 2 N–H and O–H groups in total. The topological polar surface area (TPSA) is 72.4 Å². The summed E-state index contributed by atoms with van der Waals surface area (Å²) in [4.78, 5) is 24.4. The van der Waals surface area contributed by atoms with Gasteiger partial charge in [-0.25, -0.2) is 18.0 Å². The number of anilines is 1. The number of ether oxygens (including phenoxy) is 1. The Labute approximate surface area is 176 Å². The highest BCUT2D eigenvalue weighted by Crippen LogP contribution is 2.44. The third-order valence-electron chi connectivity index (χ3n) is 5.38. The Bertz CT molecular complexity index is 1170. The molecule has 162 valence electrons. The second-order valence-electron chi connectivity index (χ2n) is 7.78. The average molecular weight is 431 g/mol. The van der Waals surface area contributed by atoms with Crippen molar-refractivity contribution in [2.75, 3.05) is 12.4 Å². The van der Waals surface area contributed by atoms with Crippen molar-refractivity contribution in [3.05, 3.63) is 57.8 Å². The minimum Gasteiger partial charge on any atom is -0.497 e. The Kier molecular flexibility index (Phi) is 4.96. The SMILES string of the molecule is COc1ccn(Cc2cc3c(cc2F)[C@@](C#CC2CC2)(C(C)(F)F)NC(=O)N3)c(=O)c1. The van der Waals surface area contributed by atoms with Crippen LogP contribution in [0.1, 0.15) is 30.9 Å². The van der Waals surface area contributed by atoms with Crippen LogP contribution in [0, 0.1) is 23.6 Å². The Hall–Kier alpha value is -3.41. The number of carbonyl (C=O) groups excluding carboxylic acids is 1. The molecular formula is C22H20F3N3O3. The zero-order chi connectivity index (χ0) is 22.4. The van der Waals surface area contributed by atoms with Gasteiger partial charge in [0.15, 0.2) is 5.54 Å². The summed E-state index contributed by atoms with van der Waals surface area (Å²) in [5, 5.41) is 4.67. The van der Waals surface area contributed by atoms with E-state index in [2.05, 4.69) is 22.5 Å². The Balaban J connectivity index is 1.80. The van der Waals surface area contributed by atoms with Gasteiger partial charge >= 0.3 is 6.03 Å². The molecule has 0 unspecified atom stereocenters. The standard InChI is InChI=1S/C22H20F3N3O3/c1-21(24,25)22(7-5-13-3-4-13)16-11-17(23)14(9-18(16)26-20(30)27-22)12-28-8-6-15(31-2)10-19(28)29/h6,8-11,13H,3-4,12H2,1-2H3,(H2,26,27,30)/t22-/m0/s1. The number of urea groups is 1. The van der Waals surface area contributed by atoms with E-state index in [0.29, 0.717) is 12.7 Å². The average Bonchev–Trinajstić information content (AvgIpc) is 3.52. The zero-order valence-electron chi connectivity index (χ0n) is 16.9. The number of nitrogens with one attached hydrogen (secondary N) is 2. The number of benzene rings is 1. The number of fused-ring (bicyclic) bond motifs is 1. The van der Waals surface area contributed by atoms with E-state index >= 15 is 4.39 Å². The van der Waals surface area contributed by atoms with Crippen molar-refractivity contribution in [1.29, 1.82) is 0 Å². The molecule has 2 amide bonds. The van der Waals surface area contributed by atoms with E-state index in [0.717, 1.165) is 18.9 Å². The summed E-state index contributed by atoms with van der Waals surface area (Å²) in [6.07, 6.45) is 3.05. The first kappa shape index (κ1) is 20.8. The summed E-state index contributed by atoms with van der Waals surface area (Å²) < 4.78 is 50.8. The summed E-state index contributed by atoms with van der Waals surface area (Å²) in [5.74, 6) is 1.39. The van der Waals surface area contributed by atoms with Crippen LogP contribution in [0.15, 0.2) is 35.3 Å². The second kappa shape index (κ2) is 7.38. The van der Waals surface area contributed by atoms with Crippen LogP contribution in [0.25, 0.3) is 0 Å². The fourth-order valence-electron chi connectivity index (χ4n) is 3.47. The Morgan fingerprint density at radius 2 is 2.03 bits per heavy atom. The van der Waals surface area contributed by atoms with Crippen molar-refractivity contribution in [2.45, 2.75) is 37.8 Å². The van der Waals surface area contributed by atoms with Crippen LogP contribution in [0.5, 0.6) is 5.75 Å². The number of halogens is 3. The Morgan fingerprint density at radius 1 is 1.29 bits per heavy atom. The lowest BCUT2D eigenvalue weighted by Gasteiger charge is -2.40. The molecule has 0 saturated heterocycles. The first-order valence-corrected chi connectivity index (χ1v) is 9.70. The molecule has 2 aliphatic rings. The quantitative estimate of drug-likeness (QED) is 0.729. The summed E-state index contributed by atoms with van der Waals surface area (Å²) >= 11 is 0. The smallest absolute Gasteiger partial charge is 0.320 e. The van der Waals surface area contributed by atoms with Gasteiger partial charge in [-0.3, -0.25) is 4.79 Å². The van der Waals surface area contributed by atoms with Gasteiger partial charge in [-0.05, 0) is 31.0 Å². The summed E-state index contributed by atoms with van der Waals surface area (Å²) in [7, 11) is 1.42. The number of carbonyl (C=O) groups is 1. The number of methoxy groups -OCH3 is 1. The van der Waals surface area contributed by atoms with Crippen molar-refractivity contribution in [2.24, 2.45) is 5.92 Å². The van der Waals surface area contributed by atoms with Crippen LogP contribution in [0.3, 0.4) is 0 Å². The summed E-state index contributed by atoms with van der Waals surface area (Å²) in [5.41, 5.74) is -2.86. The van der Waals surface area contributed by atoms with E-state index in [1.54, 1.807) is 6.07 Å². The van der Waals surface area contributed by atoms with Crippen LogP contribution in [-0.2, 0) is 12.1 Å². The molecule has 0 radical (unpaired) electrons. The molecule has 1 aliphatic heterocycles.